The summed E-state index contributed by atoms with van der Waals surface area (Å²) < 4.78 is 0. The Hall–Kier alpha value is -3.92. The van der Waals surface area contributed by atoms with Crippen LogP contribution in [0.4, 0.5) is 11.4 Å². The number of hydrogen-bond donors (Lipinski definition) is 4. The molecule has 2 heterocycles. The largest absolute Gasteiger partial charge is 0.364 e. The molecule has 0 unspecified atom stereocenters. The van der Waals surface area contributed by atoms with Crippen LogP contribution < -0.4 is 21.3 Å². The molecule has 2 aliphatic heterocycles. The highest BCUT2D eigenvalue weighted by Crippen LogP contribution is 2.40. The summed E-state index contributed by atoms with van der Waals surface area (Å²) in [6.07, 6.45) is 13.4. The van der Waals surface area contributed by atoms with Crippen molar-refractivity contribution in [3.63, 3.8) is 0 Å². The molecular formula is C28H24N4. The van der Waals surface area contributed by atoms with Gasteiger partial charge in [-0.05, 0) is 46.9 Å². The molecule has 1 saturated heterocycles. The second kappa shape index (κ2) is 6.79. The average Bonchev–Trinajstić information content (AvgIpc) is 2.85. The molecule has 2 aliphatic carbocycles. The third-order valence-electron chi connectivity index (χ3n) is 6.98. The minimum absolute atomic E-state index is 0.0184. The summed E-state index contributed by atoms with van der Waals surface area (Å²) in [6, 6.07) is 21.7. The van der Waals surface area contributed by atoms with Gasteiger partial charge in [0.05, 0.1) is 0 Å². The van der Waals surface area contributed by atoms with Crippen molar-refractivity contribution >= 4 is 22.1 Å². The van der Waals surface area contributed by atoms with E-state index in [1.54, 1.807) is 0 Å². The van der Waals surface area contributed by atoms with Gasteiger partial charge in [0.1, 0.15) is 12.3 Å². The van der Waals surface area contributed by atoms with Crippen LogP contribution in [0.2, 0.25) is 0 Å². The smallest absolute Gasteiger partial charge is 0.123 e. The number of anilines is 2. The van der Waals surface area contributed by atoms with E-state index in [4.69, 9.17) is 0 Å². The van der Waals surface area contributed by atoms with Crippen LogP contribution in [0.1, 0.15) is 23.5 Å². The van der Waals surface area contributed by atoms with E-state index >= 15 is 0 Å². The lowest BCUT2D eigenvalue weighted by atomic mass is 9.78. The summed E-state index contributed by atoms with van der Waals surface area (Å²) in [5, 5.41) is 17.4. The maximum Gasteiger partial charge on any atom is 0.123 e. The van der Waals surface area contributed by atoms with Crippen LogP contribution >= 0.6 is 0 Å². The summed E-state index contributed by atoms with van der Waals surface area (Å²) in [5.74, 6) is 0.809. The Labute approximate surface area is 187 Å². The zero-order chi connectivity index (χ0) is 21.1. The maximum absolute atomic E-state index is 3.75. The molecule has 0 bridgehead atoms. The third kappa shape index (κ3) is 2.69. The number of allylic oxidation sites excluding steroid dienone is 6. The maximum atomic E-state index is 3.75. The van der Waals surface area contributed by atoms with Gasteiger partial charge in [-0.1, -0.05) is 66.8 Å². The van der Waals surface area contributed by atoms with E-state index in [0.29, 0.717) is 11.8 Å². The van der Waals surface area contributed by atoms with Crippen molar-refractivity contribution in [1.82, 2.24) is 10.6 Å². The zero-order valence-corrected chi connectivity index (χ0v) is 17.5. The fourth-order valence-electron chi connectivity index (χ4n) is 5.48. The molecule has 4 N–H and O–H groups in total. The summed E-state index contributed by atoms with van der Waals surface area (Å²) >= 11 is 0. The normalized spacial score (nSPS) is 24.9. The molecule has 4 aliphatic rings. The summed E-state index contributed by atoms with van der Waals surface area (Å²) in [5.41, 5.74) is 7.37. The molecule has 0 atom stereocenters. The van der Waals surface area contributed by atoms with Gasteiger partial charge in [0.25, 0.3) is 0 Å². The van der Waals surface area contributed by atoms with Gasteiger partial charge >= 0.3 is 0 Å². The van der Waals surface area contributed by atoms with Gasteiger partial charge in [0.2, 0.25) is 0 Å². The third-order valence-corrected chi connectivity index (χ3v) is 6.98. The Morgan fingerprint density at radius 3 is 1.78 bits per heavy atom. The van der Waals surface area contributed by atoms with Gasteiger partial charge in [-0.3, -0.25) is 0 Å². The molecule has 1 fully saturated rings. The van der Waals surface area contributed by atoms with Gasteiger partial charge < -0.3 is 21.3 Å². The molecule has 0 saturated carbocycles. The van der Waals surface area contributed by atoms with Crippen molar-refractivity contribution < 1.29 is 0 Å². The number of hydrogen-bond acceptors (Lipinski definition) is 4. The van der Waals surface area contributed by atoms with Crippen molar-refractivity contribution in [3.8, 4) is 0 Å². The number of nitrogens with one attached hydrogen (secondary N) is 4. The SMILES string of the molecule is C1=CC2C=CC=C3NC(c4cccc(C5Nc6cccc7cccc(c67)N5)c4)NC(=C1)C32. The quantitative estimate of drug-likeness (QED) is 0.432. The van der Waals surface area contributed by atoms with Gasteiger partial charge in [0.15, 0.2) is 0 Å². The monoisotopic (exact) mass is 416 g/mol. The minimum Gasteiger partial charge on any atom is -0.364 e. The minimum atomic E-state index is 0.0184. The van der Waals surface area contributed by atoms with E-state index in [0.717, 1.165) is 0 Å². The van der Waals surface area contributed by atoms with Gasteiger partial charge in [0, 0.05) is 40.0 Å². The first kappa shape index (κ1) is 17.7. The second-order valence-electron chi connectivity index (χ2n) is 8.89. The summed E-state index contributed by atoms with van der Waals surface area (Å²) in [4.78, 5) is 0. The van der Waals surface area contributed by atoms with E-state index in [1.165, 1.54) is 44.7 Å². The second-order valence-corrected chi connectivity index (χ2v) is 8.89. The zero-order valence-electron chi connectivity index (χ0n) is 17.5. The Kier molecular flexibility index (Phi) is 3.76. The topological polar surface area (TPSA) is 48.1 Å². The molecule has 0 aromatic heterocycles. The van der Waals surface area contributed by atoms with Crippen LogP contribution in [0, 0.1) is 11.8 Å². The molecule has 7 rings (SSSR count). The van der Waals surface area contributed by atoms with E-state index in [-0.39, 0.29) is 12.3 Å². The first-order chi connectivity index (χ1) is 15.8. The fraction of sp³-hybridized carbons (Fsp3) is 0.143. The van der Waals surface area contributed by atoms with Gasteiger partial charge in [-0.2, -0.15) is 0 Å². The molecule has 156 valence electrons. The molecule has 4 nitrogen and oxygen atoms in total. The van der Waals surface area contributed by atoms with Crippen molar-refractivity contribution in [3.05, 3.63) is 120 Å². The fourth-order valence-corrected chi connectivity index (χ4v) is 5.48. The van der Waals surface area contributed by atoms with Gasteiger partial charge in [-0.15, -0.1) is 0 Å². The van der Waals surface area contributed by atoms with Crippen molar-refractivity contribution in [1.29, 1.82) is 0 Å². The van der Waals surface area contributed by atoms with E-state index in [2.05, 4.69) is 118 Å². The Morgan fingerprint density at radius 1 is 0.594 bits per heavy atom. The van der Waals surface area contributed by atoms with Crippen molar-refractivity contribution in [2.75, 3.05) is 10.6 Å². The molecule has 0 spiro atoms. The number of benzene rings is 3. The van der Waals surface area contributed by atoms with Crippen LogP contribution in [0.15, 0.2) is 109 Å². The molecule has 3 aromatic carbocycles. The van der Waals surface area contributed by atoms with Gasteiger partial charge in [-0.25, -0.2) is 0 Å². The summed E-state index contributed by atoms with van der Waals surface area (Å²) in [6.45, 7) is 0. The van der Waals surface area contributed by atoms with Crippen LogP contribution in [0.3, 0.4) is 0 Å². The molecule has 32 heavy (non-hydrogen) atoms. The molecule has 0 amide bonds. The lowest BCUT2D eigenvalue weighted by Crippen LogP contribution is -2.46. The lowest BCUT2D eigenvalue weighted by molar-refractivity contribution is 0.376. The van der Waals surface area contributed by atoms with Crippen LogP contribution in [0.25, 0.3) is 10.8 Å². The highest BCUT2D eigenvalue weighted by atomic mass is 15.2. The Morgan fingerprint density at radius 2 is 1.16 bits per heavy atom. The van der Waals surface area contributed by atoms with E-state index in [1.807, 2.05) is 0 Å². The molecule has 3 aromatic rings. The molecular weight excluding hydrogens is 392 g/mol. The van der Waals surface area contributed by atoms with Crippen LogP contribution in [0.5, 0.6) is 0 Å². The average molecular weight is 417 g/mol. The van der Waals surface area contributed by atoms with Crippen LogP contribution in [-0.4, -0.2) is 0 Å². The predicted molar refractivity (Wildman–Crippen MR) is 131 cm³/mol. The van der Waals surface area contributed by atoms with E-state index < -0.39 is 0 Å². The van der Waals surface area contributed by atoms with Crippen LogP contribution in [-0.2, 0) is 0 Å². The Balaban J connectivity index is 1.21. The molecule has 0 radical (unpaired) electrons. The highest BCUT2D eigenvalue weighted by molar-refractivity contribution is 6.04. The highest BCUT2D eigenvalue weighted by Gasteiger charge is 2.35. The standard InChI is InChI=1S/C28H24N4/c1-10-19(27-29-21-12-2-6-17-7-3-13-22(30-27)25(17)21)16-20(11-1)28-31-23-14-4-8-18-9-5-15-24(32-28)26(18)23/h1-17,25,27-32H. The Bertz CT molecular complexity index is 1290. The first-order valence-corrected chi connectivity index (χ1v) is 11.3. The van der Waals surface area contributed by atoms with Crippen molar-refractivity contribution in [2.24, 2.45) is 11.8 Å². The summed E-state index contributed by atoms with van der Waals surface area (Å²) in [7, 11) is 0. The first-order valence-electron chi connectivity index (χ1n) is 11.3. The predicted octanol–water partition coefficient (Wildman–Crippen LogP) is 5.71. The van der Waals surface area contributed by atoms with Crippen molar-refractivity contribution in [2.45, 2.75) is 12.3 Å². The lowest BCUT2D eigenvalue weighted by Gasteiger charge is -2.42. The number of rotatable bonds is 2. The van der Waals surface area contributed by atoms with E-state index in [9.17, 15) is 0 Å². The molecule has 4 heteroatoms.